The van der Waals surface area contributed by atoms with Gasteiger partial charge in [0.1, 0.15) is 21.6 Å². The Bertz CT molecular complexity index is 768. The van der Waals surface area contributed by atoms with Crippen LogP contribution in [0.2, 0.25) is 0 Å². The normalized spacial score (nSPS) is 9.62. The predicted molar refractivity (Wildman–Crippen MR) is 81.2 cm³/mol. The van der Waals surface area contributed by atoms with E-state index < -0.39 is 20.2 Å². The number of aromatic hydroxyl groups is 2. The van der Waals surface area contributed by atoms with Gasteiger partial charge in [0.25, 0.3) is 10.1 Å². The molecular formula is C12H12Cl2Na2O8S2. The summed E-state index contributed by atoms with van der Waals surface area (Å²) in [7, 11) is -8.51. The van der Waals surface area contributed by atoms with Gasteiger partial charge in [0.05, 0.1) is 9.79 Å². The topological polar surface area (TPSA) is 152 Å². The molecule has 0 atom stereocenters. The molecule has 0 bridgehead atoms. The number of hydrogen-bond donors (Lipinski definition) is 3. The van der Waals surface area contributed by atoms with Crippen LogP contribution in [0.4, 0.5) is 0 Å². The van der Waals surface area contributed by atoms with Crippen LogP contribution in [0.25, 0.3) is 0 Å². The summed E-state index contributed by atoms with van der Waals surface area (Å²) in [5.41, 5.74) is 0. The summed E-state index contributed by atoms with van der Waals surface area (Å²) in [6.45, 7) is 0. The molecule has 0 aliphatic heterocycles. The first-order chi connectivity index (χ1) is 10.00. The molecule has 2 aromatic carbocycles. The summed E-state index contributed by atoms with van der Waals surface area (Å²) in [4.78, 5) is -0.564. The van der Waals surface area contributed by atoms with Crippen LogP contribution in [0.5, 0.6) is 11.5 Å². The summed E-state index contributed by atoms with van der Waals surface area (Å²) >= 11 is 0. The molecule has 2 rings (SSSR count). The van der Waals surface area contributed by atoms with Crippen molar-refractivity contribution in [1.29, 1.82) is 0 Å². The first-order valence-electron chi connectivity index (χ1n) is 5.51. The molecule has 136 valence electrons. The van der Waals surface area contributed by atoms with Crippen LogP contribution < -0.4 is 71.5 Å². The fraction of sp³-hybridized carbons (Fsp3) is 0. The second kappa shape index (κ2) is 14.4. The second-order valence-electron chi connectivity index (χ2n) is 3.92. The molecule has 2 aromatic rings. The predicted octanol–water partition coefficient (Wildman–Crippen LogP) is -7.63. The van der Waals surface area contributed by atoms with E-state index in [1.165, 1.54) is 12.1 Å². The van der Waals surface area contributed by atoms with E-state index in [1.807, 2.05) is 0 Å². The average molecular weight is 465 g/mol. The van der Waals surface area contributed by atoms with Crippen molar-refractivity contribution in [3.63, 3.8) is 0 Å². The Balaban J connectivity index is -0.000000161. The third-order valence-corrected chi connectivity index (χ3v) is 3.98. The van der Waals surface area contributed by atoms with Crippen LogP contribution in [0.3, 0.4) is 0 Å². The molecule has 0 aliphatic rings. The van der Waals surface area contributed by atoms with E-state index >= 15 is 0 Å². The molecule has 14 heteroatoms. The molecule has 0 radical (unpaired) electrons. The van der Waals surface area contributed by atoms with Crippen LogP contribution in [0, 0.1) is 0 Å². The van der Waals surface area contributed by atoms with Crippen molar-refractivity contribution in [2.45, 2.75) is 9.79 Å². The van der Waals surface area contributed by atoms with E-state index in [-0.39, 0.29) is 105 Å². The van der Waals surface area contributed by atoms with Gasteiger partial charge in [-0.2, -0.15) is 8.42 Å². The smallest absolute Gasteiger partial charge is 1.00 e. The van der Waals surface area contributed by atoms with Gasteiger partial charge >= 0.3 is 59.1 Å². The Hall–Kier alpha value is 0.440. The first-order valence-corrected chi connectivity index (χ1v) is 8.36. The van der Waals surface area contributed by atoms with Crippen LogP contribution in [0.15, 0.2) is 58.3 Å². The van der Waals surface area contributed by atoms with Crippen LogP contribution in [-0.4, -0.2) is 36.2 Å². The van der Waals surface area contributed by atoms with Crippen molar-refractivity contribution in [3.8, 4) is 11.5 Å². The molecule has 0 heterocycles. The Morgan fingerprint density at radius 1 is 0.692 bits per heavy atom. The zero-order chi connectivity index (χ0) is 17.0. The zero-order valence-electron chi connectivity index (χ0n) is 13.6. The van der Waals surface area contributed by atoms with E-state index in [4.69, 9.17) is 14.8 Å². The summed E-state index contributed by atoms with van der Waals surface area (Å²) in [6.07, 6.45) is 0. The number of rotatable bonds is 2. The standard InChI is InChI=1S/2C6H6O4S.2ClH.2Na/c2*7-5-1-3-6(4-2-5)11(8,9)10;;;;/h2*1-4,7H,(H,8,9,10);2*1H;;/q;;;;2*+1/p-2. The minimum Gasteiger partial charge on any atom is -1.00 e. The molecule has 0 spiro atoms. The molecule has 0 saturated heterocycles. The summed E-state index contributed by atoms with van der Waals surface area (Å²) in [5.74, 6) is -0.116. The molecule has 0 aliphatic carbocycles. The van der Waals surface area contributed by atoms with Gasteiger partial charge in [0, 0.05) is 0 Å². The van der Waals surface area contributed by atoms with Crippen LogP contribution in [0.1, 0.15) is 0 Å². The maximum absolute atomic E-state index is 10.4. The number of benzene rings is 2. The number of hydrogen-bond acceptors (Lipinski definition) is 7. The minimum atomic E-state index is -4.38. The quantitative estimate of drug-likeness (QED) is 0.292. The van der Waals surface area contributed by atoms with Gasteiger partial charge in [-0.1, -0.05) is 0 Å². The number of phenols is 2. The SMILES string of the molecule is Cl.O=S(=O)(O)c1ccc(O)cc1.O=S(=O)([O-])c1ccc(O)cc1.[Cl-].[Na+].[Na+]. The van der Waals surface area contributed by atoms with Gasteiger partial charge in [-0.25, -0.2) is 8.42 Å². The monoisotopic (exact) mass is 464 g/mol. The molecule has 0 aromatic heterocycles. The largest absolute Gasteiger partial charge is 1.00 e. The Morgan fingerprint density at radius 2 is 0.962 bits per heavy atom. The fourth-order valence-corrected chi connectivity index (χ4v) is 2.18. The van der Waals surface area contributed by atoms with Crippen molar-refractivity contribution < 1.29 is 108 Å². The van der Waals surface area contributed by atoms with Crippen LogP contribution >= 0.6 is 12.4 Å². The van der Waals surface area contributed by atoms with E-state index in [0.29, 0.717) is 0 Å². The van der Waals surface area contributed by atoms with Gasteiger partial charge < -0.3 is 27.2 Å². The Morgan fingerprint density at radius 3 is 1.19 bits per heavy atom. The van der Waals surface area contributed by atoms with Crippen molar-refractivity contribution in [1.82, 2.24) is 0 Å². The third kappa shape index (κ3) is 12.8. The maximum Gasteiger partial charge on any atom is 1.00 e. The summed E-state index contributed by atoms with van der Waals surface area (Å²) in [6, 6.07) is 8.99. The Kier molecular flexibility index (Phi) is 18.9. The maximum atomic E-state index is 10.4. The summed E-state index contributed by atoms with van der Waals surface area (Å²) in [5, 5.41) is 17.5. The minimum absolute atomic E-state index is 0. The molecular weight excluding hydrogens is 453 g/mol. The fourth-order valence-electron chi connectivity index (χ4n) is 1.23. The van der Waals surface area contributed by atoms with Crippen molar-refractivity contribution in [3.05, 3.63) is 48.5 Å². The number of halogens is 2. The summed E-state index contributed by atoms with van der Waals surface area (Å²) < 4.78 is 60.2. The molecule has 0 saturated carbocycles. The molecule has 0 fully saturated rings. The molecule has 0 amide bonds. The van der Waals surface area contributed by atoms with Gasteiger partial charge in [0.15, 0.2) is 0 Å². The second-order valence-corrected chi connectivity index (χ2v) is 6.72. The van der Waals surface area contributed by atoms with Gasteiger partial charge in [-0.05, 0) is 48.5 Å². The Labute approximate surface area is 207 Å². The van der Waals surface area contributed by atoms with Crippen molar-refractivity contribution >= 4 is 32.6 Å². The van der Waals surface area contributed by atoms with E-state index in [9.17, 15) is 21.4 Å². The van der Waals surface area contributed by atoms with Gasteiger partial charge in [-0.15, -0.1) is 12.4 Å². The van der Waals surface area contributed by atoms with Gasteiger partial charge in [-0.3, -0.25) is 4.55 Å². The molecule has 8 nitrogen and oxygen atoms in total. The molecule has 3 N–H and O–H groups in total. The van der Waals surface area contributed by atoms with E-state index in [2.05, 4.69) is 0 Å². The van der Waals surface area contributed by atoms with Crippen LogP contribution in [-0.2, 0) is 20.2 Å². The third-order valence-electron chi connectivity index (χ3n) is 2.26. The zero-order valence-corrected chi connectivity index (χ0v) is 20.8. The number of phenolic OH excluding ortho intramolecular Hbond substituents is 2. The molecule has 26 heavy (non-hydrogen) atoms. The van der Waals surface area contributed by atoms with Crippen molar-refractivity contribution in [2.75, 3.05) is 0 Å². The van der Waals surface area contributed by atoms with Gasteiger partial charge in [0.2, 0.25) is 0 Å². The molecule has 0 unspecified atom stereocenters. The average Bonchev–Trinajstić information content (AvgIpc) is 2.38. The van der Waals surface area contributed by atoms with E-state index in [0.717, 1.165) is 36.4 Å². The first kappa shape index (κ1) is 34.0. The van der Waals surface area contributed by atoms with E-state index in [1.54, 1.807) is 0 Å². The van der Waals surface area contributed by atoms with Crippen molar-refractivity contribution in [2.24, 2.45) is 0 Å².